The zero-order valence-electron chi connectivity index (χ0n) is 11.5. The SMILES string of the molecule is CC(C)CCCC(C)NS(=O)(=O)CCCC(=O)O. The van der Waals surface area contributed by atoms with Crippen molar-refractivity contribution in [3.63, 3.8) is 0 Å². The predicted octanol–water partition coefficient (Wildman–Crippen LogP) is 1.99. The van der Waals surface area contributed by atoms with Gasteiger partial charge in [-0.2, -0.15) is 0 Å². The first-order chi connectivity index (χ1) is 8.23. The van der Waals surface area contributed by atoms with Gasteiger partial charge in [-0.3, -0.25) is 4.79 Å². The maximum absolute atomic E-state index is 11.6. The highest BCUT2D eigenvalue weighted by Gasteiger charge is 2.14. The first-order valence-electron chi connectivity index (χ1n) is 6.44. The fraction of sp³-hybridized carbons (Fsp3) is 0.917. The highest BCUT2D eigenvalue weighted by atomic mass is 32.2. The Balaban J connectivity index is 3.89. The van der Waals surface area contributed by atoms with Crippen LogP contribution in [0.5, 0.6) is 0 Å². The zero-order chi connectivity index (χ0) is 14.2. The summed E-state index contributed by atoms with van der Waals surface area (Å²) in [7, 11) is -3.34. The van der Waals surface area contributed by atoms with Gasteiger partial charge in [0.05, 0.1) is 5.75 Å². The molecule has 0 aromatic carbocycles. The summed E-state index contributed by atoms with van der Waals surface area (Å²) in [5, 5.41) is 8.45. The summed E-state index contributed by atoms with van der Waals surface area (Å²) in [4.78, 5) is 10.3. The van der Waals surface area contributed by atoms with Gasteiger partial charge in [0.1, 0.15) is 0 Å². The van der Waals surface area contributed by atoms with E-state index in [2.05, 4.69) is 18.6 Å². The lowest BCUT2D eigenvalue weighted by Crippen LogP contribution is -2.34. The first kappa shape index (κ1) is 17.4. The second kappa shape index (κ2) is 8.48. The molecule has 0 radical (unpaired) electrons. The van der Waals surface area contributed by atoms with Crippen LogP contribution in [0, 0.1) is 5.92 Å². The van der Waals surface area contributed by atoms with E-state index in [1.807, 2.05) is 6.92 Å². The van der Waals surface area contributed by atoms with Gasteiger partial charge in [-0.1, -0.05) is 26.7 Å². The summed E-state index contributed by atoms with van der Waals surface area (Å²) < 4.78 is 25.8. The van der Waals surface area contributed by atoms with Crippen molar-refractivity contribution >= 4 is 16.0 Å². The Morgan fingerprint density at radius 2 is 1.78 bits per heavy atom. The third-order valence-electron chi connectivity index (χ3n) is 2.60. The van der Waals surface area contributed by atoms with Crippen LogP contribution in [0.15, 0.2) is 0 Å². The minimum Gasteiger partial charge on any atom is -0.481 e. The molecule has 5 nitrogen and oxygen atoms in total. The Hall–Kier alpha value is -0.620. The van der Waals surface area contributed by atoms with Gasteiger partial charge in [0.15, 0.2) is 0 Å². The standard InChI is InChI=1S/C12H25NO4S/c1-10(2)6-4-7-11(3)13-18(16,17)9-5-8-12(14)15/h10-11,13H,4-9H2,1-3H3,(H,14,15). The average molecular weight is 279 g/mol. The van der Waals surface area contributed by atoms with E-state index >= 15 is 0 Å². The molecule has 0 aliphatic carbocycles. The average Bonchev–Trinajstić information content (AvgIpc) is 2.14. The van der Waals surface area contributed by atoms with E-state index < -0.39 is 16.0 Å². The molecule has 108 valence electrons. The molecule has 2 N–H and O–H groups in total. The van der Waals surface area contributed by atoms with Gasteiger partial charge in [-0.15, -0.1) is 0 Å². The van der Waals surface area contributed by atoms with Crippen molar-refractivity contribution in [3.05, 3.63) is 0 Å². The lowest BCUT2D eigenvalue weighted by Gasteiger charge is -2.14. The van der Waals surface area contributed by atoms with Crippen molar-refractivity contribution in [1.82, 2.24) is 4.72 Å². The number of aliphatic carboxylic acids is 1. The molecule has 0 saturated heterocycles. The number of rotatable bonds is 10. The van der Waals surface area contributed by atoms with Crippen LogP contribution < -0.4 is 4.72 Å². The third kappa shape index (κ3) is 10.5. The molecule has 0 bridgehead atoms. The third-order valence-corrected chi connectivity index (χ3v) is 4.19. The Morgan fingerprint density at radius 3 is 2.28 bits per heavy atom. The molecule has 18 heavy (non-hydrogen) atoms. The van der Waals surface area contributed by atoms with Crippen LogP contribution in [0.3, 0.4) is 0 Å². The van der Waals surface area contributed by atoms with Crippen molar-refractivity contribution in [3.8, 4) is 0 Å². The summed E-state index contributed by atoms with van der Waals surface area (Å²) in [6.45, 7) is 6.12. The molecule has 0 fully saturated rings. The van der Waals surface area contributed by atoms with Gasteiger partial charge in [0, 0.05) is 12.5 Å². The van der Waals surface area contributed by atoms with Gasteiger partial charge < -0.3 is 5.11 Å². The maximum atomic E-state index is 11.6. The van der Waals surface area contributed by atoms with E-state index in [1.165, 1.54) is 0 Å². The van der Waals surface area contributed by atoms with Crippen LogP contribution in [0.25, 0.3) is 0 Å². The molecule has 0 saturated carbocycles. The molecule has 0 amide bonds. The van der Waals surface area contributed by atoms with Crippen LogP contribution in [-0.4, -0.2) is 31.3 Å². The Labute approximate surface area is 110 Å². The molecule has 0 aromatic heterocycles. The van der Waals surface area contributed by atoms with E-state index in [1.54, 1.807) is 0 Å². The molecule has 0 heterocycles. The smallest absolute Gasteiger partial charge is 0.303 e. The highest BCUT2D eigenvalue weighted by molar-refractivity contribution is 7.89. The topological polar surface area (TPSA) is 83.5 Å². The second-order valence-electron chi connectivity index (χ2n) is 5.16. The highest BCUT2D eigenvalue weighted by Crippen LogP contribution is 2.09. The minimum absolute atomic E-state index is 0.0846. The van der Waals surface area contributed by atoms with Crippen LogP contribution in [0.1, 0.15) is 52.9 Å². The van der Waals surface area contributed by atoms with E-state index in [4.69, 9.17) is 5.11 Å². The quantitative estimate of drug-likeness (QED) is 0.640. The molecule has 1 unspecified atom stereocenters. The molecule has 0 aliphatic rings. The number of carboxylic acid groups (broad SMARTS) is 1. The maximum Gasteiger partial charge on any atom is 0.303 e. The van der Waals surface area contributed by atoms with Crippen molar-refractivity contribution in [2.24, 2.45) is 5.92 Å². The molecule has 6 heteroatoms. The number of carbonyl (C=O) groups is 1. The van der Waals surface area contributed by atoms with Gasteiger partial charge in [-0.25, -0.2) is 13.1 Å². The lowest BCUT2D eigenvalue weighted by molar-refractivity contribution is -0.137. The molecular formula is C12H25NO4S. The molecular weight excluding hydrogens is 254 g/mol. The van der Waals surface area contributed by atoms with Crippen LogP contribution in [0.4, 0.5) is 0 Å². The molecule has 0 aliphatic heterocycles. The second-order valence-corrected chi connectivity index (χ2v) is 7.03. The fourth-order valence-corrected chi connectivity index (χ4v) is 3.04. The summed E-state index contributed by atoms with van der Waals surface area (Å²) in [5.41, 5.74) is 0. The van der Waals surface area contributed by atoms with E-state index in [0.29, 0.717) is 5.92 Å². The molecule has 0 spiro atoms. The Morgan fingerprint density at radius 1 is 1.17 bits per heavy atom. The zero-order valence-corrected chi connectivity index (χ0v) is 12.3. The molecule has 0 aromatic rings. The van der Waals surface area contributed by atoms with Crippen molar-refractivity contribution in [2.75, 3.05) is 5.75 Å². The number of nitrogens with one attached hydrogen (secondary N) is 1. The number of carboxylic acids is 1. The summed E-state index contributed by atoms with van der Waals surface area (Å²) in [6.07, 6.45) is 2.95. The molecule has 0 rings (SSSR count). The van der Waals surface area contributed by atoms with Gasteiger partial charge in [0.25, 0.3) is 0 Å². The van der Waals surface area contributed by atoms with Crippen LogP contribution in [-0.2, 0) is 14.8 Å². The van der Waals surface area contributed by atoms with Gasteiger partial charge >= 0.3 is 5.97 Å². The van der Waals surface area contributed by atoms with E-state index in [0.717, 1.165) is 19.3 Å². The largest absolute Gasteiger partial charge is 0.481 e. The number of hydrogen-bond acceptors (Lipinski definition) is 3. The van der Waals surface area contributed by atoms with Crippen molar-refractivity contribution < 1.29 is 18.3 Å². The minimum atomic E-state index is -3.34. The monoisotopic (exact) mass is 279 g/mol. The van der Waals surface area contributed by atoms with E-state index in [9.17, 15) is 13.2 Å². The molecule has 1 atom stereocenters. The Bertz CT molecular complexity index is 338. The number of hydrogen-bond donors (Lipinski definition) is 2. The fourth-order valence-electron chi connectivity index (χ4n) is 1.67. The first-order valence-corrected chi connectivity index (χ1v) is 8.10. The number of sulfonamides is 1. The summed E-state index contributed by atoms with van der Waals surface area (Å²) in [5.74, 6) is -0.451. The van der Waals surface area contributed by atoms with Gasteiger partial charge in [0.2, 0.25) is 10.0 Å². The summed E-state index contributed by atoms with van der Waals surface area (Å²) in [6, 6.07) is -0.0846. The lowest BCUT2D eigenvalue weighted by atomic mass is 10.0. The predicted molar refractivity (Wildman–Crippen MR) is 71.9 cm³/mol. The van der Waals surface area contributed by atoms with E-state index in [-0.39, 0.29) is 24.6 Å². The Kier molecular flexibility index (Phi) is 8.18. The van der Waals surface area contributed by atoms with Crippen molar-refractivity contribution in [2.45, 2.75) is 58.9 Å². The van der Waals surface area contributed by atoms with Crippen molar-refractivity contribution in [1.29, 1.82) is 0 Å². The van der Waals surface area contributed by atoms with Crippen LogP contribution >= 0.6 is 0 Å². The van der Waals surface area contributed by atoms with Gasteiger partial charge in [-0.05, 0) is 25.7 Å². The normalized spacial score (nSPS) is 13.8. The van der Waals surface area contributed by atoms with Crippen LogP contribution in [0.2, 0.25) is 0 Å². The summed E-state index contributed by atoms with van der Waals surface area (Å²) >= 11 is 0.